The highest BCUT2D eigenvalue weighted by atomic mass is 35.5. The Kier molecular flexibility index (Phi) is 8.63. The number of nitrogens with one attached hydrogen (secondary N) is 2. The number of aromatic amines is 1. The van der Waals surface area contributed by atoms with Crippen LogP contribution in [0.3, 0.4) is 0 Å². The second-order valence-corrected chi connectivity index (χ2v) is 11.4. The first-order chi connectivity index (χ1) is 19.6. The van der Waals surface area contributed by atoms with Gasteiger partial charge in [-0.15, -0.1) is 0 Å². The van der Waals surface area contributed by atoms with Crippen LogP contribution in [0.1, 0.15) is 31.2 Å². The Morgan fingerprint density at radius 1 is 1.05 bits per heavy atom. The predicted molar refractivity (Wildman–Crippen MR) is 156 cm³/mol. The van der Waals surface area contributed by atoms with Crippen molar-refractivity contribution in [2.24, 2.45) is 0 Å². The van der Waals surface area contributed by atoms with Crippen molar-refractivity contribution >= 4 is 45.9 Å². The van der Waals surface area contributed by atoms with Crippen LogP contribution in [0.25, 0.3) is 22.0 Å². The van der Waals surface area contributed by atoms with Gasteiger partial charge in [0.1, 0.15) is 5.75 Å². The average molecular weight is 602 g/mol. The van der Waals surface area contributed by atoms with Crippen LogP contribution >= 0.6 is 23.4 Å². The fourth-order valence-corrected chi connectivity index (χ4v) is 6.09. The number of aromatic nitrogens is 1. The molecule has 1 aromatic heterocycles. The van der Waals surface area contributed by atoms with Gasteiger partial charge in [-0.2, -0.15) is 13.2 Å². The minimum absolute atomic E-state index is 0.0882. The number of rotatable bonds is 8. The number of phenols is 1. The average Bonchev–Trinajstić information content (AvgIpc) is 3.44. The van der Waals surface area contributed by atoms with Crippen LogP contribution in [-0.4, -0.2) is 40.5 Å². The van der Waals surface area contributed by atoms with Crippen molar-refractivity contribution in [3.63, 3.8) is 0 Å². The summed E-state index contributed by atoms with van der Waals surface area (Å²) < 4.78 is 40.8. The SMILES string of the molecule is O=C(CCCN1CCCC1)Nc1ccc(Sc2c(-c3cc(Cl)ccc3O)c3cc(C(F)(F)F)ccc3[nH]c2=O)cc1. The molecule has 0 saturated carbocycles. The van der Waals surface area contributed by atoms with Gasteiger partial charge in [0.2, 0.25) is 5.91 Å². The number of fused-ring (bicyclic) bond motifs is 1. The Morgan fingerprint density at radius 3 is 2.49 bits per heavy atom. The molecular formula is C30H27ClF3N3O3S. The highest BCUT2D eigenvalue weighted by Crippen LogP contribution is 2.43. The number of hydrogen-bond donors (Lipinski definition) is 3. The molecule has 1 aliphatic heterocycles. The lowest BCUT2D eigenvalue weighted by atomic mass is 9.98. The van der Waals surface area contributed by atoms with Gasteiger partial charge in [0.15, 0.2) is 0 Å². The van der Waals surface area contributed by atoms with Crippen molar-refractivity contribution in [2.45, 2.75) is 41.7 Å². The third kappa shape index (κ3) is 6.89. The Morgan fingerprint density at radius 2 is 1.78 bits per heavy atom. The molecular weight excluding hydrogens is 575 g/mol. The number of phenolic OH excluding ortho intramolecular Hbond substituents is 1. The quantitative estimate of drug-likeness (QED) is 0.194. The minimum Gasteiger partial charge on any atom is -0.507 e. The van der Waals surface area contributed by atoms with E-state index in [1.165, 1.54) is 37.1 Å². The van der Waals surface area contributed by atoms with Crippen LogP contribution in [0.15, 0.2) is 75.2 Å². The van der Waals surface area contributed by atoms with Gasteiger partial charge >= 0.3 is 6.18 Å². The van der Waals surface area contributed by atoms with Crippen LogP contribution < -0.4 is 10.9 Å². The zero-order valence-electron chi connectivity index (χ0n) is 21.9. The minimum atomic E-state index is -4.61. The lowest BCUT2D eigenvalue weighted by molar-refractivity contribution is -0.137. The van der Waals surface area contributed by atoms with Gasteiger partial charge in [-0.25, -0.2) is 0 Å². The maximum absolute atomic E-state index is 13.6. The first-order valence-electron chi connectivity index (χ1n) is 13.1. The highest BCUT2D eigenvalue weighted by molar-refractivity contribution is 7.99. The number of amides is 1. The third-order valence-corrected chi connectivity index (χ3v) is 8.30. The summed E-state index contributed by atoms with van der Waals surface area (Å²) >= 11 is 7.21. The van der Waals surface area contributed by atoms with E-state index < -0.39 is 17.3 Å². The van der Waals surface area contributed by atoms with Crippen molar-refractivity contribution in [3.8, 4) is 16.9 Å². The Hall–Kier alpha value is -3.47. The Bertz CT molecular complexity index is 1630. The fourth-order valence-electron chi connectivity index (χ4n) is 4.94. The molecule has 214 valence electrons. The zero-order valence-corrected chi connectivity index (χ0v) is 23.4. The topological polar surface area (TPSA) is 85.4 Å². The molecule has 1 fully saturated rings. The fraction of sp³-hybridized carbons (Fsp3) is 0.267. The molecule has 0 aliphatic carbocycles. The van der Waals surface area contributed by atoms with E-state index in [0.29, 0.717) is 17.0 Å². The maximum Gasteiger partial charge on any atom is 0.416 e. The summed E-state index contributed by atoms with van der Waals surface area (Å²) in [6, 6.07) is 14.1. The smallest absolute Gasteiger partial charge is 0.416 e. The standard InChI is InChI=1S/C30H27ClF3N3O3S/c31-19-6-12-25(38)23(17-19)27-22-16-18(30(32,33)34)5-11-24(22)36-29(40)28(27)41-21-9-7-20(8-10-21)35-26(39)4-3-15-37-13-1-2-14-37/h5-12,16-17,38H,1-4,13-15H2,(H,35,39)(H,36,40). The Balaban J connectivity index is 1.44. The molecule has 0 atom stereocenters. The first kappa shape index (κ1) is 29.0. The number of pyridine rings is 1. The number of aromatic hydroxyl groups is 1. The van der Waals surface area contributed by atoms with Crippen molar-refractivity contribution < 1.29 is 23.1 Å². The molecule has 6 nitrogen and oxygen atoms in total. The molecule has 1 saturated heterocycles. The molecule has 1 amide bonds. The number of likely N-dealkylation sites (tertiary alicyclic amines) is 1. The largest absolute Gasteiger partial charge is 0.507 e. The van der Waals surface area contributed by atoms with E-state index in [4.69, 9.17) is 11.6 Å². The van der Waals surface area contributed by atoms with E-state index in [0.717, 1.165) is 49.9 Å². The van der Waals surface area contributed by atoms with E-state index in [2.05, 4.69) is 15.2 Å². The molecule has 0 spiro atoms. The van der Waals surface area contributed by atoms with Crippen molar-refractivity contribution in [2.75, 3.05) is 25.0 Å². The molecule has 41 heavy (non-hydrogen) atoms. The number of hydrogen-bond acceptors (Lipinski definition) is 5. The summed E-state index contributed by atoms with van der Waals surface area (Å²) in [6.45, 7) is 3.07. The summed E-state index contributed by atoms with van der Waals surface area (Å²) in [5, 5.41) is 13.9. The van der Waals surface area contributed by atoms with Gasteiger partial charge in [0.25, 0.3) is 5.56 Å². The molecule has 0 bridgehead atoms. The van der Waals surface area contributed by atoms with Crippen LogP contribution in [0.5, 0.6) is 5.75 Å². The zero-order chi connectivity index (χ0) is 29.1. The second-order valence-electron chi connectivity index (χ2n) is 9.90. The molecule has 3 aromatic carbocycles. The molecule has 0 radical (unpaired) electrons. The number of carbonyl (C=O) groups is 1. The van der Waals surface area contributed by atoms with E-state index in [1.807, 2.05) is 0 Å². The number of benzene rings is 3. The highest BCUT2D eigenvalue weighted by Gasteiger charge is 2.31. The van der Waals surface area contributed by atoms with Gasteiger partial charge in [0, 0.05) is 44.1 Å². The number of carbonyl (C=O) groups excluding carboxylic acids is 1. The van der Waals surface area contributed by atoms with Crippen LogP contribution in [-0.2, 0) is 11.0 Å². The van der Waals surface area contributed by atoms with Gasteiger partial charge in [-0.1, -0.05) is 23.4 Å². The third-order valence-electron chi connectivity index (χ3n) is 6.96. The van der Waals surface area contributed by atoms with E-state index in [1.54, 1.807) is 24.3 Å². The van der Waals surface area contributed by atoms with Gasteiger partial charge in [-0.3, -0.25) is 9.59 Å². The summed E-state index contributed by atoms with van der Waals surface area (Å²) in [4.78, 5) is 31.4. The normalized spacial score (nSPS) is 14.0. The monoisotopic (exact) mass is 601 g/mol. The lowest BCUT2D eigenvalue weighted by Gasteiger charge is -2.16. The number of anilines is 1. The van der Waals surface area contributed by atoms with Gasteiger partial charge < -0.3 is 20.3 Å². The summed E-state index contributed by atoms with van der Waals surface area (Å²) in [7, 11) is 0. The lowest BCUT2D eigenvalue weighted by Crippen LogP contribution is -2.22. The van der Waals surface area contributed by atoms with Crippen LogP contribution in [0.4, 0.5) is 18.9 Å². The Labute approximate surface area is 243 Å². The summed E-state index contributed by atoms with van der Waals surface area (Å²) in [5.74, 6) is -0.321. The number of nitrogens with zero attached hydrogens (tertiary/aromatic N) is 1. The molecule has 2 heterocycles. The summed E-state index contributed by atoms with van der Waals surface area (Å²) in [6.07, 6.45) is -1.01. The van der Waals surface area contributed by atoms with Crippen LogP contribution in [0, 0.1) is 0 Å². The van der Waals surface area contributed by atoms with E-state index >= 15 is 0 Å². The van der Waals surface area contributed by atoms with E-state index in [9.17, 15) is 27.9 Å². The van der Waals surface area contributed by atoms with Gasteiger partial charge in [0.05, 0.1) is 10.5 Å². The molecule has 5 rings (SSSR count). The number of alkyl halides is 3. The predicted octanol–water partition coefficient (Wildman–Crippen LogP) is 7.54. The molecule has 11 heteroatoms. The molecule has 0 unspecified atom stereocenters. The molecule has 4 aromatic rings. The van der Waals surface area contributed by atoms with Crippen molar-refractivity contribution in [3.05, 3.63) is 81.6 Å². The second kappa shape index (κ2) is 12.2. The van der Waals surface area contributed by atoms with Crippen molar-refractivity contribution in [1.29, 1.82) is 0 Å². The van der Waals surface area contributed by atoms with Crippen LogP contribution in [0.2, 0.25) is 5.02 Å². The molecule has 1 aliphatic rings. The first-order valence-corrected chi connectivity index (χ1v) is 14.3. The summed E-state index contributed by atoms with van der Waals surface area (Å²) in [5.41, 5.74) is -0.383. The van der Waals surface area contributed by atoms with Gasteiger partial charge in [-0.05, 0) is 99.6 Å². The number of halogens is 4. The molecule has 3 N–H and O–H groups in total. The maximum atomic E-state index is 13.6. The van der Waals surface area contributed by atoms with E-state index in [-0.39, 0.29) is 43.6 Å². The van der Waals surface area contributed by atoms with Crippen molar-refractivity contribution in [1.82, 2.24) is 9.88 Å². The number of H-pyrrole nitrogens is 1.